The van der Waals surface area contributed by atoms with Crippen molar-refractivity contribution in [2.45, 2.75) is 92.4 Å². The highest BCUT2D eigenvalue weighted by molar-refractivity contribution is 5.99. The van der Waals surface area contributed by atoms with Crippen LogP contribution in [0.3, 0.4) is 0 Å². The number of hydrogen-bond donors (Lipinski definition) is 1. The molecule has 0 spiro atoms. The summed E-state index contributed by atoms with van der Waals surface area (Å²) in [6.07, 6.45) is 4.48. The van der Waals surface area contributed by atoms with Crippen LogP contribution < -0.4 is 0 Å². The van der Waals surface area contributed by atoms with Crippen LogP contribution in [0.25, 0.3) is 0 Å². The van der Waals surface area contributed by atoms with Crippen molar-refractivity contribution in [3.8, 4) is 12.1 Å². The lowest BCUT2D eigenvalue weighted by atomic mass is 9.79. The zero-order chi connectivity index (χ0) is 21.3. The van der Waals surface area contributed by atoms with Crippen molar-refractivity contribution in [1.29, 1.82) is 10.5 Å². The third-order valence-electron chi connectivity index (χ3n) is 4.18. The molecule has 6 nitrogen and oxygen atoms in total. The lowest BCUT2D eigenvalue weighted by Crippen LogP contribution is -2.41. The van der Waals surface area contributed by atoms with Gasteiger partial charge in [-0.05, 0) is 31.1 Å². The van der Waals surface area contributed by atoms with Gasteiger partial charge in [-0.25, -0.2) is 0 Å². The Balaban J connectivity index is 0. The molecule has 6 heteroatoms. The third-order valence-corrected chi connectivity index (χ3v) is 4.18. The predicted octanol–water partition coefficient (Wildman–Crippen LogP) is 5.23. The van der Waals surface area contributed by atoms with Crippen LogP contribution in [0.1, 0.15) is 92.4 Å². The van der Waals surface area contributed by atoms with Crippen molar-refractivity contribution in [1.82, 2.24) is 0 Å². The van der Waals surface area contributed by atoms with Crippen molar-refractivity contribution in [2.24, 2.45) is 10.8 Å². The maximum Gasteiger partial charge on any atom is 0.323 e. The molecular formula is C21H36N2O4. The maximum absolute atomic E-state index is 12.3. The molecule has 27 heavy (non-hydrogen) atoms. The minimum Gasteiger partial charge on any atom is -0.480 e. The Kier molecular flexibility index (Phi) is 15.1. The summed E-state index contributed by atoms with van der Waals surface area (Å²) in [5.74, 6) is -2.16. The Hall–Kier alpha value is -2.08. The second kappa shape index (κ2) is 15.0. The first-order valence-electron chi connectivity index (χ1n) is 9.84. The van der Waals surface area contributed by atoms with Crippen LogP contribution in [0, 0.1) is 33.5 Å². The average Bonchev–Trinajstić information content (AvgIpc) is 2.61. The van der Waals surface area contributed by atoms with E-state index in [9.17, 15) is 14.7 Å². The Labute approximate surface area is 164 Å². The van der Waals surface area contributed by atoms with E-state index in [0.29, 0.717) is 11.8 Å². The molecule has 0 aromatic rings. The summed E-state index contributed by atoms with van der Waals surface area (Å²) < 4.78 is 5.17. The molecular weight excluding hydrogens is 344 g/mol. The van der Waals surface area contributed by atoms with Crippen LogP contribution in [-0.4, -0.2) is 23.7 Å². The van der Waals surface area contributed by atoms with Gasteiger partial charge in [0.25, 0.3) is 0 Å². The molecule has 1 N–H and O–H groups in total. The van der Waals surface area contributed by atoms with E-state index in [1.807, 2.05) is 26.0 Å². The molecule has 0 aliphatic rings. The highest BCUT2D eigenvalue weighted by Gasteiger charge is 2.46. The molecule has 0 bridgehead atoms. The Morgan fingerprint density at radius 3 is 1.78 bits per heavy atom. The molecule has 0 radical (unpaired) electrons. The Bertz CT molecular complexity index is 492. The van der Waals surface area contributed by atoms with Crippen molar-refractivity contribution in [2.75, 3.05) is 6.61 Å². The van der Waals surface area contributed by atoms with Gasteiger partial charge in [0.05, 0.1) is 18.7 Å². The first kappa shape index (κ1) is 27.1. The first-order chi connectivity index (χ1) is 12.7. The van der Waals surface area contributed by atoms with E-state index in [0.717, 1.165) is 25.7 Å². The minimum atomic E-state index is -1.79. The Morgan fingerprint density at radius 2 is 1.37 bits per heavy atom. The van der Waals surface area contributed by atoms with E-state index in [2.05, 4.69) is 20.8 Å². The number of hydrogen-bond acceptors (Lipinski definition) is 5. The highest BCUT2D eigenvalue weighted by Crippen LogP contribution is 2.32. The second-order valence-corrected chi connectivity index (χ2v) is 7.56. The van der Waals surface area contributed by atoms with Crippen LogP contribution in [0.4, 0.5) is 0 Å². The van der Waals surface area contributed by atoms with Gasteiger partial charge in [-0.3, -0.25) is 9.59 Å². The third kappa shape index (κ3) is 12.0. The number of nitrogens with zero attached hydrogens (tertiary/aromatic N) is 2. The van der Waals surface area contributed by atoms with Crippen molar-refractivity contribution in [3.63, 3.8) is 0 Å². The molecule has 0 saturated carbocycles. The fraction of sp³-hybridized carbons (Fsp3) is 0.810. The largest absolute Gasteiger partial charge is 0.480 e. The number of carbonyl (C=O) groups excluding carboxylic acids is 1. The fourth-order valence-electron chi connectivity index (χ4n) is 2.58. The molecule has 0 amide bonds. The molecule has 0 aliphatic carbocycles. The van der Waals surface area contributed by atoms with E-state index in [1.165, 1.54) is 0 Å². The smallest absolute Gasteiger partial charge is 0.323 e. The molecule has 0 aliphatic heterocycles. The normalized spacial score (nSPS) is 10.8. The van der Waals surface area contributed by atoms with Crippen LogP contribution in [-0.2, 0) is 14.3 Å². The Morgan fingerprint density at radius 1 is 0.889 bits per heavy atom. The second-order valence-electron chi connectivity index (χ2n) is 7.56. The van der Waals surface area contributed by atoms with Crippen LogP contribution >= 0.6 is 0 Å². The van der Waals surface area contributed by atoms with Crippen molar-refractivity contribution >= 4 is 11.9 Å². The number of esters is 1. The monoisotopic (exact) mass is 380 g/mol. The van der Waals surface area contributed by atoms with Gasteiger partial charge < -0.3 is 9.84 Å². The zero-order valence-electron chi connectivity index (χ0n) is 17.6. The van der Waals surface area contributed by atoms with Gasteiger partial charge in [0.2, 0.25) is 0 Å². The molecule has 0 aromatic carbocycles. The van der Waals surface area contributed by atoms with Crippen molar-refractivity contribution < 1.29 is 19.4 Å². The molecule has 0 saturated heterocycles. The summed E-state index contributed by atoms with van der Waals surface area (Å²) in [5, 5.41) is 26.9. The number of carboxylic acids is 1. The molecule has 0 rings (SSSR count). The van der Waals surface area contributed by atoms with Crippen LogP contribution in [0.2, 0.25) is 0 Å². The summed E-state index contributed by atoms with van der Waals surface area (Å²) in [6, 6.07) is 3.72. The number of aliphatic carboxylic acids is 1. The van der Waals surface area contributed by atoms with Crippen LogP contribution in [0.5, 0.6) is 0 Å². The van der Waals surface area contributed by atoms with Gasteiger partial charge in [0, 0.05) is 12.8 Å². The van der Waals surface area contributed by atoms with E-state index in [1.54, 1.807) is 0 Å². The summed E-state index contributed by atoms with van der Waals surface area (Å²) in [6.45, 7) is 10.8. The summed E-state index contributed by atoms with van der Waals surface area (Å²) in [4.78, 5) is 23.9. The molecule has 154 valence electrons. The molecule has 0 atom stereocenters. The topological polar surface area (TPSA) is 111 Å². The van der Waals surface area contributed by atoms with Gasteiger partial charge in [-0.15, -0.1) is 0 Å². The van der Waals surface area contributed by atoms with E-state index in [-0.39, 0.29) is 32.3 Å². The lowest BCUT2D eigenvalue weighted by molar-refractivity contribution is -0.170. The number of carbonyl (C=O) groups is 2. The maximum atomic E-state index is 12.3. The van der Waals surface area contributed by atoms with E-state index >= 15 is 0 Å². The van der Waals surface area contributed by atoms with Gasteiger partial charge in [-0.2, -0.15) is 10.5 Å². The van der Waals surface area contributed by atoms with Gasteiger partial charge in [0.15, 0.2) is 5.41 Å². The fourth-order valence-corrected chi connectivity index (χ4v) is 2.58. The molecule has 0 fully saturated rings. The number of carboxylic acid groups (broad SMARTS) is 1. The molecule has 0 heterocycles. The van der Waals surface area contributed by atoms with Gasteiger partial charge >= 0.3 is 11.9 Å². The number of unbranched alkanes of at least 4 members (excludes halogenated alkanes) is 3. The number of nitriles is 2. The quantitative estimate of drug-likeness (QED) is 0.282. The standard InChI is InChI=1S/C19H30N2O4.C2H6/c1-18(2,3)10-6-4-5-7-15-25-17(24)19(16(22)23,11-8-13-20)12-9-14-21;1-2/h4-12,15H2,1-3H3,(H,22,23);1-2H3. The van der Waals surface area contributed by atoms with Crippen molar-refractivity contribution in [3.05, 3.63) is 0 Å². The molecule has 0 aromatic heterocycles. The lowest BCUT2D eigenvalue weighted by Gasteiger charge is -2.25. The van der Waals surface area contributed by atoms with E-state index < -0.39 is 17.4 Å². The van der Waals surface area contributed by atoms with Gasteiger partial charge in [-0.1, -0.05) is 53.9 Å². The summed E-state index contributed by atoms with van der Waals surface area (Å²) >= 11 is 0. The molecule has 0 unspecified atom stereocenters. The van der Waals surface area contributed by atoms with Crippen LogP contribution in [0.15, 0.2) is 0 Å². The summed E-state index contributed by atoms with van der Waals surface area (Å²) in [5.41, 5.74) is -1.48. The van der Waals surface area contributed by atoms with E-state index in [4.69, 9.17) is 15.3 Å². The highest BCUT2D eigenvalue weighted by atomic mass is 16.5. The first-order valence-corrected chi connectivity index (χ1v) is 9.84. The average molecular weight is 381 g/mol. The summed E-state index contributed by atoms with van der Waals surface area (Å²) in [7, 11) is 0. The minimum absolute atomic E-state index is 0.0698. The number of rotatable bonds is 12. The van der Waals surface area contributed by atoms with Gasteiger partial charge in [0.1, 0.15) is 0 Å². The number of ether oxygens (including phenoxy) is 1. The predicted molar refractivity (Wildman–Crippen MR) is 105 cm³/mol. The zero-order valence-corrected chi connectivity index (χ0v) is 17.6. The SMILES string of the molecule is CC.CC(C)(C)CCCCCCOC(=O)C(CCC#N)(CCC#N)C(=O)O.